The summed E-state index contributed by atoms with van der Waals surface area (Å²) in [5.74, 6) is 1.63. The topological polar surface area (TPSA) is 112 Å². The highest BCUT2D eigenvalue weighted by atomic mass is 19.1. The van der Waals surface area contributed by atoms with Gasteiger partial charge in [0, 0.05) is 74.2 Å². The number of likely N-dealkylation sites (N-methyl/N-ethyl adjacent to an activating group) is 1. The predicted molar refractivity (Wildman–Crippen MR) is 180 cm³/mol. The lowest BCUT2D eigenvalue weighted by molar-refractivity contribution is -0.128. The maximum absolute atomic E-state index is 14.3. The number of fused-ring (bicyclic) bond motifs is 2. The summed E-state index contributed by atoms with van der Waals surface area (Å²) in [6.07, 6.45) is 3.60. The fourth-order valence-electron chi connectivity index (χ4n) is 6.63. The van der Waals surface area contributed by atoms with Crippen LogP contribution in [-0.2, 0) is 24.8 Å². The van der Waals surface area contributed by atoms with E-state index in [0.29, 0.717) is 29.3 Å². The van der Waals surface area contributed by atoms with Gasteiger partial charge in [-0.25, -0.2) is 9.37 Å². The molecule has 7 rings (SSSR count). The van der Waals surface area contributed by atoms with Crippen LogP contribution in [0.15, 0.2) is 54.7 Å². The average molecular weight is 638 g/mol. The van der Waals surface area contributed by atoms with E-state index < -0.39 is 12.2 Å². The molecule has 2 aromatic carbocycles. The summed E-state index contributed by atoms with van der Waals surface area (Å²) in [6.45, 7) is 1.21. The van der Waals surface area contributed by atoms with E-state index in [9.17, 15) is 14.0 Å². The van der Waals surface area contributed by atoms with Crippen LogP contribution in [-0.4, -0.2) is 87.2 Å². The van der Waals surface area contributed by atoms with Crippen LogP contribution in [0.2, 0.25) is 0 Å². The molecule has 0 radical (unpaired) electrons. The van der Waals surface area contributed by atoms with E-state index in [1.165, 1.54) is 17.7 Å². The van der Waals surface area contributed by atoms with Gasteiger partial charge in [0.2, 0.25) is 5.91 Å². The Morgan fingerprint density at radius 2 is 1.85 bits per heavy atom. The molecule has 0 bridgehead atoms. The van der Waals surface area contributed by atoms with E-state index in [-0.39, 0.29) is 31.2 Å². The number of imidazole rings is 1. The molecule has 4 heterocycles. The number of alkyl halides is 1. The third-order valence-electron chi connectivity index (χ3n) is 9.38. The van der Waals surface area contributed by atoms with Crippen molar-refractivity contribution in [2.75, 3.05) is 34.3 Å². The summed E-state index contributed by atoms with van der Waals surface area (Å²) in [5, 5.41) is 1.10. The molecule has 10 nitrogen and oxygen atoms in total. The van der Waals surface area contributed by atoms with Gasteiger partial charge >= 0.3 is 0 Å². The molecule has 0 unspecified atom stereocenters. The first-order valence-corrected chi connectivity index (χ1v) is 16.1. The summed E-state index contributed by atoms with van der Waals surface area (Å²) in [7, 11) is 7.03. The van der Waals surface area contributed by atoms with Crippen LogP contribution in [0, 0.1) is 5.92 Å². The number of piperidine rings is 1. The van der Waals surface area contributed by atoms with Gasteiger partial charge in [-0.05, 0) is 61.1 Å². The van der Waals surface area contributed by atoms with Gasteiger partial charge in [-0.15, -0.1) is 0 Å². The van der Waals surface area contributed by atoms with Crippen LogP contribution in [0.1, 0.15) is 35.3 Å². The van der Waals surface area contributed by atoms with Crippen LogP contribution in [0.25, 0.3) is 44.6 Å². The Bertz CT molecular complexity index is 1980. The first-order valence-electron chi connectivity index (χ1n) is 16.1. The third kappa shape index (κ3) is 5.95. The minimum atomic E-state index is -1.14. The summed E-state index contributed by atoms with van der Waals surface area (Å²) in [4.78, 5) is 38.3. The number of benzene rings is 2. The van der Waals surface area contributed by atoms with Crippen LogP contribution in [0.4, 0.5) is 4.39 Å². The second-order valence-corrected chi connectivity index (χ2v) is 13.2. The van der Waals surface area contributed by atoms with Gasteiger partial charge in [-0.1, -0.05) is 18.2 Å². The van der Waals surface area contributed by atoms with Gasteiger partial charge in [0.15, 0.2) is 5.82 Å². The molecule has 2 amide bonds. The van der Waals surface area contributed by atoms with Crippen molar-refractivity contribution in [1.82, 2.24) is 28.9 Å². The van der Waals surface area contributed by atoms with Gasteiger partial charge in [0.1, 0.15) is 17.4 Å². The first-order chi connectivity index (χ1) is 22.6. The SMILES string of the molecule is COc1cc(C(=O)N2C[C@H](N)C[C@@H](F)C2)cc2nc(-c3cc4ccc(-c5ccc(CC(=O)N(C)C)nc5)cc4n3CC3CC3)n(C)c12. The van der Waals surface area contributed by atoms with E-state index in [1.807, 2.05) is 29.9 Å². The number of hydrogen-bond acceptors (Lipinski definition) is 6. The number of carbonyl (C=O) groups excluding carboxylic acids is 2. The smallest absolute Gasteiger partial charge is 0.254 e. The van der Waals surface area contributed by atoms with Crippen LogP contribution in [0.3, 0.4) is 0 Å². The number of ether oxygens (including phenoxy) is 1. The van der Waals surface area contributed by atoms with Crippen molar-refractivity contribution in [2.45, 2.75) is 44.4 Å². The summed E-state index contributed by atoms with van der Waals surface area (Å²) in [5.41, 5.74) is 12.7. The van der Waals surface area contributed by atoms with Gasteiger partial charge in [0.05, 0.1) is 31.3 Å². The number of amides is 2. The molecule has 11 heteroatoms. The van der Waals surface area contributed by atoms with Gasteiger partial charge < -0.3 is 29.4 Å². The fraction of sp³-hybridized carbons (Fsp3) is 0.389. The number of nitrogens with two attached hydrogens (primary N) is 1. The number of pyridine rings is 1. The second-order valence-electron chi connectivity index (χ2n) is 13.2. The zero-order valence-electron chi connectivity index (χ0n) is 27.2. The maximum Gasteiger partial charge on any atom is 0.254 e. The minimum absolute atomic E-state index is 0.0150. The summed E-state index contributed by atoms with van der Waals surface area (Å²) < 4.78 is 24.4. The quantitative estimate of drug-likeness (QED) is 0.261. The van der Waals surface area contributed by atoms with Crippen LogP contribution >= 0.6 is 0 Å². The molecule has 3 aromatic heterocycles. The Morgan fingerprint density at radius 1 is 1.06 bits per heavy atom. The fourth-order valence-corrected chi connectivity index (χ4v) is 6.63. The van der Waals surface area contributed by atoms with E-state index in [4.69, 9.17) is 15.5 Å². The van der Waals surface area contributed by atoms with Crippen molar-refractivity contribution in [3.63, 3.8) is 0 Å². The molecule has 5 aromatic rings. The molecular weight excluding hydrogens is 597 g/mol. The number of rotatable bonds is 8. The van der Waals surface area contributed by atoms with Gasteiger partial charge in [0.25, 0.3) is 5.91 Å². The molecule has 1 saturated carbocycles. The number of carbonyl (C=O) groups is 2. The van der Waals surface area contributed by atoms with Crippen molar-refractivity contribution < 1.29 is 18.7 Å². The Hall–Kier alpha value is -4.77. The van der Waals surface area contributed by atoms with Gasteiger partial charge in [-0.2, -0.15) is 0 Å². The number of nitrogens with zero attached hydrogens (tertiary/aromatic N) is 6. The van der Waals surface area contributed by atoms with E-state index in [0.717, 1.165) is 51.3 Å². The van der Waals surface area contributed by atoms with E-state index >= 15 is 0 Å². The maximum atomic E-state index is 14.3. The van der Waals surface area contributed by atoms with E-state index in [1.54, 1.807) is 38.2 Å². The molecule has 2 fully saturated rings. The highest BCUT2D eigenvalue weighted by Crippen LogP contribution is 2.39. The zero-order valence-corrected chi connectivity index (χ0v) is 27.2. The van der Waals surface area contributed by atoms with E-state index in [2.05, 4.69) is 33.8 Å². The van der Waals surface area contributed by atoms with Crippen molar-refractivity contribution in [3.05, 3.63) is 66.0 Å². The summed E-state index contributed by atoms with van der Waals surface area (Å²) in [6, 6.07) is 15.6. The Morgan fingerprint density at radius 3 is 2.53 bits per heavy atom. The van der Waals surface area contributed by atoms with Crippen molar-refractivity contribution in [3.8, 4) is 28.4 Å². The Labute approximate surface area is 272 Å². The third-order valence-corrected chi connectivity index (χ3v) is 9.38. The molecule has 1 aliphatic heterocycles. The van der Waals surface area contributed by atoms with Gasteiger partial charge in [-0.3, -0.25) is 14.6 Å². The molecular formula is C36H40FN7O3. The Kier molecular flexibility index (Phi) is 7.95. The van der Waals surface area contributed by atoms with Crippen LogP contribution < -0.4 is 10.5 Å². The molecule has 1 saturated heterocycles. The first kappa shape index (κ1) is 30.9. The molecule has 47 heavy (non-hydrogen) atoms. The molecule has 1 aliphatic carbocycles. The second kappa shape index (κ2) is 12.1. The standard InChI is InChI=1S/C36H40FN7O3/c1-41(2)33(45)16-28-10-9-24(17-39-28)22-7-8-23-13-31(44(30(23)12-22)18-21-5-6-21)35-40-29-11-25(14-32(47-4)34(29)42(35)3)36(46)43-19-26(37)15-27(38)20-43/h7-14,17,21,26-27H,5-6,15-16,18-20,38H2,1-4H3/t26-,27-/m1/s1. The molecule has 0 spiro atoms. The number of halogens is 1. The predicted octanol–water partition coefficient (Wildman–Crippen LogP) is 4.82. The summed E-state index contributed by atoms with van der Waals surface area (Å²) >= 11 is 0. The lowest BCUT2D eigenvalue weighted by atomic mass is 10.0. The zero-order chi connectivity index (χ0) is 33.0. The van der Waals surface area contributed by atoms with Crippen LogP contribution in [0.5, 0.6) is 5.75 Å². The average Bonchev–Trinajstić information content (AvgIpc) is 3.72. The number of aryl methyl sites for hydroxylation is 1. The number of likely N-dealkylation sites (tertiary alicyclic amines) is 1. The highest BCUT2D eigenvalue weighted by molar-refractivity contribution is 6.00. The molecule has 244 valence electrons. The molecule has 2 atom stereocenters. The number of aromatic nitrogens is 4. The molecule has 2 N–H and O–H groups in total. The monoisotopic (exact) mass is 637 g/mol. The lowest BCUT2D eigenvalue weighted by Gasteiger charge is -2.33. The van der Waals surface area contributed by atoms with Crippen molar-refractivity contribution in [2.24, 2.45) is 18.7 Å². The highest BCUT2D eigenvalue weighted by Gasteiger charge is 2.30. The number of hydrogen-bond donors (Lipinski definition) is 1. The largest absolute Gasteiger partial charge is 0.494 e. The molecule has 2 aliphatic rings. The normalized spacial score (nSPS) is 18.2. The van der Waals surface area contributed by atoms with Crippen molar-refractivity contribution in [1.29, 1.82) is 0 Å². The van der Waals surface area contributed by atoms with Crippen molar-refractivity contribution >= 4 is 33.8 Å². The lowest BCUT2D eigenvalue weighted by Crippen LogP contribution is -2.50. The Balaban J connectivity index is 1.27. The minimum Gasteiger partial charge on any atom is -0.494 e. The number of methoxy groups -OCH3 is 1.